The van der Waals surface area contributed by atoms with Gasteiger partial charge in [-0.3, -0.25) is 9.59 Å². The number of carbonyl (C=O) groups excluding carboxylic acids is 1. The standard InChI is InChI=1S/C11H20O4/c1-4-6-8(10(12)13)9(7-5-2)11(14)15-3/h8-9H,4-7H2,1-3H3,(H,12,13)/t8-,9+/m0/s1. The minimum absolute atomic E-state index is 0.405. The summed E-state index contributed by atoms with van der Waals surface area (Å²) in [6.07, 6.45) is 2.64. The maximum absolute atomic E-state index is 11.4. The monoisotopic (exact) mass is 216 g/mol. The highest BCUT2D eigenvalue weighted by Gasteiger charge is 2.32. The molecule has 0 rings (SSSR count). The lowest BCUT2D eigenvalue weighted by Crippen LogP contribution is -2.30. The van der Waals surface area contributed by atoms with E-state index in [9.17, 15) is 9.59 Å². The van der Waals surface area contributed by atoms with Crippen molar-refractivity contribution in [1.29, 1.82) is 0 Å². The lowest BCUT2D eigenvalue weighted by atomic mass is 9.85. The number of hydrogen-bond acceptors (Lipinski definition) is 3. The predicted molar refractivity (Wildman–Crippen MR) is 56.4 cm³/mol. The molecule has 0 amide bonds. The summed E-state index contributed by atoms with van der Waals surface area (Å²) in [4.78, 5) is 22.5. The summed E-state index contributed by atoms with van der Waals surface area (Å²) in [5.41, 5.74) is 0. The molecule has 1 N–H and O–H groups in total. The summed E-state index contributed by atoms with van der Waals surface area (Å²) >= 11 is 0. The molecule has 0 saturated carbocycles. The van der Waals surface area contributed by atoms with Gasteiger partial charge >= 0.3 is 11.9 Å². The molecule has 4 heteroatoms. The number of methoxy groups -OCH3 is 1. The number of hydrogen-bond donors (Lipinski definition) is 1. The van der Waals surface area contributed by atoms with Crippen molar-refractivity contribution >= 4 is 11.9 Å². The average Bonchev–Trinajstić information content (AvgIpc) is 2.21. The van der Waals surface area contributed by atoms with Crippen LogP contribution in [-0.4, -0.2) is 24.2 Å². The van der Waals surface area contributed by atoms with Gasteiger partial charge in [0.1, 0.15) is 0 Å². The fraction of sp³-hybridized carbons (Fsp3) is 0.818. The summed E-state index contributed by atoms with van der Waals surface area (Å²) in [6.45, 7) is 3.84. The first-order valence-electron chi connectivity index (χ1n) is 5.39. The number of carboxylic acid groups (broad SMARTS) is 1. The molecular formula is C11H20O4. The molecule has 0 radical (unpaired) electrons. The second-order valence-electron chi connectivity index (χ2n) is 3.65. The van der Waals surface area contributed by atoms with E-state index < -0.39 is 23.8 Å². The summed E-state index contributed by atoms with van der Waals surface area (Å²) in [5.74, 6) is -2.42. The molecule has 4 nitrogen and oxygen atoms in total. The number of carbonyl (C=O) groups is 2. The molecule has 0 spiro atoms. The van der Waals surface area contributed by atoms with Crippen molar-refractivity contribution in [2.75, 3.05) is 7.11 Å². The number of aliphatic carboxylic acids is 1. The third kappa shape index (κ3) is 4.32. The van der Waals surface area contributed by atoms with Gasteiger partial charge in [0.25, 0.3) is 0 Å². The highest BCUT2D eigenvalue weighted by molar-refractivity contribution is 5.80. The first-order chi connectivity index (χ1) is 7.08. The maximum Gasteiger partial charge on any atom is 0.309 e. The summed E-state index contributed by atoms with van der Waals surface area (Å²) in [5, 5.41) is 9.04. The number of rotatable bonds is 7. The third-order valence-electron chi connectivity index (χ3n) is 2.51. The third-order valence-corrected chi connectivity index (χ3v) is 2.51. The van der Waals surface area contributed by atoms with Crippen molar-refractivity contribution in [1.82, 2.24) is 0 Å². The van der Waals surface area contributed by atoms with E-state index in [0.717, 1.165) is 12.8 Å². The molecule has 0 fully saturated rings. The Kier molecular flexibility index (Phi) is 6.75. The van der Waals surface area contributed by atoms with Crippen molar-refractivity contribution in [3.05, 3.63) is 0 Å². The Labute approximate surface area is 90.6 Å². The van der Waals surface area contributed by atoms with Gasteiger partial charge in [0, 0.05) is 0 Å². The van der Waals surface area contributed by atoms with E-state index in [2.05, 4.69) is 4.74 Å². The topological polar surface area (TPSA) is 63.6 Å². The van der Waals surface area contributed by atoms with Crippen LogP contribution >= 0.6 is 0 Å². The van der Waals surface area contributed by atoms with Crippen LogP contribution in [0.15, 0.2) is 0 Å². The molecule has 0 saturated heterocycles. The molecule has 0 aliphatic carbocycles. The van der Waals surface area contributed by atoms with Crippen LogP contribution < -0.4 is 0 Å². The van der Waals surface area contributed by atoms with Crippen LogP contribution in [0.4, 0.5) is 0 Å². The molecule has 0 aliphatic rings. The van der Waals surface area contributed by atoms with Gasteiger partial charge in [-0.15, -0.1) is 0 Å². The second kappa shape index (κ2) is 7.26. The van der Waals surface area contributed by atoms with Gasteiger partial charge in [-0.1, -0.05) is 26.7 Å². The Hall–Kier alpha value is -1.06. The van der Waals surface area contributed by atoms with Crippen LogP contribution in [0.2, 0.25) is 0 Å². The van der Waals surface area contributed by atoms with Crippen molar-refractivity contribution < 1.29 is 19.4 Å². The molecule has 0 aromatic rings. The molecule has 0 heterocycles. The van der Waals surface area contributed by atoms with E-state index in [0.29, 0.717) is 12.8 Å². The van der Waals surface area contributed by atoms with Crippen molar-refractivity contribution in [2.24, 2.45) is 11.8 Å². The number of esters is 1. The molecule has 88 valence electrons. The van der Waals surface area contributed by atoms with E-state index in [4.69, 9.17) is 5.11 Å². The Morgan fingerprint density at radius 1 is 1.13 bits per heavy atom. The Morgan fingerprint density at radius 3 is 1.93 bits per heavy atom. The molecule has 0 unspecified atom stereocenters. The highest BCUT2D eigenvalue weighted by atomic mass is 16.5. The fourth-order valence-electron chi connectivity index (χ4n) is 1.75. The molecule has 15 heavy (non-hydrogen) atoms. The van der Waals surface area contributed by atoms with Crippen LogP contribution in [0.25, 0.3) is 0 Å². The molecule has 0 aromatic heterocycles. The minimum Gasteiger partial charge on any atom is -0.481 e. The van der Waals surface area contributed by atoms with Crippen LogP contribution in [0, 0.1) is 11.8 Å². The van der Waals surface area contributed by atoms with Crippen molar-refractivity contribution in [3.8, 4) is 0 Å². The largest absolute Gasteiger partial charge is 0.481 e. The van der Waals surface area contributed by atoms with Crippen LogP contribution in [0.1, 0.15) is 39.5 Å². The number of carboxylic acids is 1. The zero-order valence-electron chi connectivity index (χ0n) is 9.66. The van der Waals surface area contributed by atoms with Crippen molar-refractivity contribution in [2.45, 2.75) is 39.5 Å². The Morgan fingerprint density at radius 2 is 1.60 bits per heavy atom. The van der Waals surface area contributed by atoms with Gasteiger partial charge in [0.15, 0.2) is 0 Å². The van der Waals surface area contributed by atoms with Gasteiger partial charge in [0.05, 0.1) is 18.9 Å². The molecule has 2 atom stereocenters. The van der Waals surface area contributed by atoms with E-state index in [1.54, 1.807) is 0 Å². The quantitative estimate of drug-likeness (QED) is 0.662. The zero-order valence-corrected chi connectivity index (χ0v) is 9.66. The molecular weight excluding hydrogens is 196 g/mol. The van der Waals surface area contributed by atoms with Crippen molar-refractivity contribution in [3.63, 3.8) is 0 Å². The zero-order chi connectivity index (χ0) is 11.8. The Balaban J connectivity index is 4.66. The van der Waals surface area contributed by atoms with E-state index >= 15 is 0 Å². The minimum atomic E-state index is -0.902. The van der Waals surface area contributed by atoms with Crippen LogP contribution in [0.3, 0.4) is 0 Å². The molecule has 0 bridgehead atoms. The van der Waals surface area contributed by atoms with Gasteiger partial charge < -0.3 is 9.84 Å². The number of ether oxygens (including phenoxy) is 1. The lowest BCUT2D eigenvalue weighted by molar-refractivity contribution is -0.156. The van der Waals surface area contributed by atoms with E-state index in [1.165, 1.54) is 7.11 Å². The molecule has 0 aliphatic heterocycles. The van der Waals surface area contributed by atoms with E-state index in [-0.39, 0.29) is 0 Å². The second-order valence-corrected chi connectivity index (χ2v) is 3.65. The Bertz CT molecular complexity index is 213. The van der Waals surface area contributed by atoms with Gasteiger partial charge in [0.2, 0.25) is 0 Å². The summed E-state index contributed by atoms with van der Waals surface area (Å²) in [6, 6.07) is 0. The first-order valence-corrected chi connectivity index (χ1v) is 5.39. The fourth-order valence-corrected chi connectivity index (χ4v) is 1.75. The van der Waals surface area contributed by atoms with Gasteiger partial charge in [-0.25, -0.2) is 0 Å². The predicted octanol–water partition coefficient (Wildman–Crippen LogP) is 2.08. The molecule has 0 aromatic carbocycles. The van der Waals surface area contributed by atoms with Crippen LogP contribution in [0.5, 0.6) is 0 Å². The summed E-state index contributed by atoms with van der Waals surface area (Å²) in [7, 11) is 1.30. The van der Waals surface area contributed by atoms with Crippen LogP contribution in [-0.2, 0) is 14.3 Å². The normalized spacial score (nSPS) is 14.3. The first kappa shape index (κ1) is 13.9. The lowest BCUT2D eigenvalue weighted by Gasteiger charge is -2.20. The SMILES string of the molecule is CCC[C@H](C(=O)O)[C@@H](CCC)C(=O)OC. The maximum atomic E-state index is 11.4. The van der Waals surface area contributed by atoms with Gasteiger partial charge in [-0.2, -0.15) is 0 Å². The highest BCUT2D eigenvalue weighted by Crippen LogP contribution is 2.24. The average molecular weight is 216 g/mol. The summed E-state index contributed by atoms with van der Waals surface area (Å²) < 4.78 is 4.64. The smallest absolute Gasteiger partial charge is 0.309 e. The van der Waals surface area contributed by atoms with E-state index in [1.807, 2.05) is 13.8 Å². The van der Waals surface area contributed by atoms with Gasteiger partial charge in [-0.05, 0) is 12.8 Å².